The van der Waals surface area contributed by atoms with Crippen LogP contribution in [0.3, 0.4) is 0 Å². The zero-order valence-electron chi connectivity index (χ0n) is 6.73. The fourth-order valence-corrected chi connectivity index (χ4v) is 0.770. The molecule has 58 valence electrons. The lowest BCUT2D eigenvalue weighted by atomic mass is 10.5. The number of hydrogen-bond acceptors (Lipinski definition) is 2. The third-order valence-corrected chi connectivity index (χ3v) is 1.22. The van der Waals surface area contributed by atoms with Gasteiger partial charge < -0.3 is 0 Å². The lowest BCUT2D eigenvalue weighted by Gasteiger charge is -1.86. The maximum Gasteiger partial charge on any atom is 0.100 e. The molecule has 2 aromatic heterocycles. The van der Waals surface area contributed by atoms with Gasteiger partial charge in [0.15, 0.2) is 0 Å². The summed E-state index contributed by atoms with van der Waals surface area (Å²) in [5, 5.41) is 0. The van der Waals surface area contributed by atoms with Crippen LogP contribution in [0.5, 0.6) is 0 Å². The van der Waals surface area contributed by atoms with Crippen molar-refractivity contribution in [1.29, 1.82) is 0 Å². The highest BCUT2D eigenvalue weighted by molar-refractivity contribution is 5.42. The van der Waals surface area contributed by atoms with Crippen molar-refractivity contribution < 1.29 is 0 Å². The Labute approximate surface area is 65.7 Å². The van der Waals surface area contributed by atoms with Gasteiger partial charge in [0.05, 0.1) is 11.7 Å². The number of rotatable bonds is 0. The van der Waals surface area contributed by atoms with Crippen LogP contribution in [-0.4, -0.2) is 14.4 Å². The van der Waals surface area contributed by atoms with E-state index in [1.54, 1.807) is 25.0 Å². The Kier molecular flexibility index (Phi) is 2.60. The topological polar surface area (TPSA) is 30.2 Å². The average Bonchev–Trinajstić information content (AvgIpc) is 2.55. The summed E-state index contributed by atoms with van der Waals surface area (Å²) in [6.45, 7) is 4.00. The molecule has 0 aliphatic carbocycles. The molecule has 3 heteroatoms. The highest BCUT2D eigenvalue weighted by Gasteiger charge is 1.86. The molecule has 0 spiro atoms. The van der Waals surface area contributed by atoms with Crippen LogP contribution in [0.15, 0.2) is 31.1 Å². The Bertz CT molecular complexity index is 283. The largest absolute Gasteiger partial charge is 0.290 e. The summed E-state index contributed by atoms with van der Waals surface area (Å²) >= 11 is 0. The first-order chi connectivity index (χ1) is 5.47. The van der Waals surface area contributed by atoms with Crippen molar-refractivity contribution in [3.05, 3.63) is 31.1 Å². The van der Waals surface area contributed by atoms with Crippen molar-refractivity contribution >= 4 is 5.52 Å². The summed E-state index contributed by atoms with van der Waals surface area (Å²) in [6.07, 6.45) is 6.99. The number of imidazole rings is 1. The molecule has 0 atom stereocenters. The second-order valence-corrected chi connectivity index (χ2v) is 1.81. The summed E-state index contributed by atoms with van der Waals surface area (Å²) in [5.74, 6) is 0. The smallest absolute Gasteiger partial charge is 0.100 e. The average molecular weight is 149 g/mol. The van der Waals surface area contributed by atoms with Crippen LogP contribution in [0.1, 0.15) is 13.8 Å². The first-order valence-corrected chi connectivity index (χ1v) is 3.68. The van der Waals surface area contributed by atoms with Crippen molar-refractivity contribution in [1.82, 2.24) is 14.4 Å². The molecule has 0 fully saturated rings. The standard InChI is InChI=1S/C6H5N3.C2H6/c1-2-7-4-9-5-8-3-6(1)9;1-2/h1-5H;1-2H3. The molecular weight excluding hydrogens is 138 g/mol. The summed E-state index contributed by atoms with van der Waals surface area (Å²) < 4.78 is 1.86. The number of fused-ring (bicyclic) bond motifs is 1. The van der Waals surface area contributed by atoms with Gasteiger partial charge in [0.25, 0.3) is 0 Å². The van der Waals surface area contributed by atoms with E-state index in [1.165, 1.54) is 0 Å². The Morgan fingerprint density at radius 1 is 1.18 bits per heavy atom. The predicted molar refractivity (Wildman–Crippen MR) is 44.3 cm³/mol. The van der Waals surface area contributed by atoms with Crippen LogP contribution in [0, 0.1) is 0 Å². The second kappa shape index (κ2) is 3.71. The van der Waals surface area contributed by atoms with Gasteiger partial charge in [-0.15, -0.1) is 0 Å². The molecule has 2 rings (SSSR count). The Morgan fingerprint density at radius 3 is 2.64 bits per heavy atom. The van der Waals surface area contributed by atoms with Gasteiger partial charge in [0, 0.05) is 6.20 Å². The molecule has 11 heavy (non-hydrogen) atoms. The SMILES string of the molecule is CC.c1cc2cncn2cn1. The molecule has 0 saturated carbocycles. The van der Waals surface area contributed by atoms with Crippen LogP contribution in [0.25, 0.3) is 5.52 Å². The van der Waals surface area contributed by atoms with Crippen molar-refractivity contribution in [2.24, 2.45) is 0 Å². The number of nitrogens with zero attached hydrogens (tertiary/aromatic N) is 3. The molecule has 0 N–H and O–H groups in total. The van der Waals surface area contributed by atoms with Gasteiger partial charge in [-0.3, -0.25) is 4.40 Å². The highest BCUT2D eigenvalue weighted by Crippen LogP contribution is 1.95. The van der Waals surface area contributed by atoms with Gasteiger partial charge in [-0.2, -0.15) is 0 Å². The molecule has 0 amide bonds. The molecule has 0 unspecified atom stereocenters. The van der Waals surface area contributed by atoms with Crippen molar-refractivity contribution in [2.45, 2.75) is 13.8 Å². The lowest BCUT2D eigenvalue weighted by Crippen LogP contribution is -1.80. The zero-order chi connectivity index (χ0) is 8.10. The molecule has 0 aromatic carbocycles. The Balaban J connectivity index is 0.000000281. The Hall–Kier alpha value is -1.38. The molecule has 0 radical (unpaired) electrons. The van der Waals surface area contributed by atoms with Gasteiger partial charge in [-0.25, -0.2) is 9.97 Å². The molecule has 2 heterocycles. The highest BCUT2D eigenvalue weighted by atomic mass is 15.0. The van der Waals surface area contributed by atoms with Crippen LogP contribution >= 0.6 is 0 Å². The summed E-state index contributed by atoms with van der Waals surface area (Å²) in [7, 11) is 0. The normalized spacial score (nSPS) is 8.91. The second-order valence-electron chi connectivity index (χ2n) is 1.81. The first-order valence-electron chi connectivity index (χ1n) is 3.68. The first kappa shape index (κ1) is 7.72. The monoisotopic (exact) mass is 149 g/mol. The molecule has 0 saturated heterocycles. The molecular formula is C8H11N3. The van der Waals surface area contributed by atoms with Crippen molar-refractivity contribution in [2.75, 3.05) is 0 Å². The van der Waals surface area contributed by atoms with Gasteiger partial charge in [0.2, 0.25) is 0 Å². The van der Waals surface area contributed by atoms with Crippen LogP contribution in [0.2, 0.25) is 0 Å². The van der Waals surface area contributed by atoms with E-state index in [9.17, 15) is 0 Å². The molecule has 0 aliphatic rings. The number of hydrogen-bond donors (Lipinski definition) is 0. The maximum atomic E-state index is 3.92. The van der Waals surface area contributed by atoms with E-state index in [1.807, 2.05) is 24.3 Å². The third-order valence-electron chi connectivity index (χ3n) is 1.22. The van der Waals surface area contributed by atoms with E-state index in [0.29, 0.717) is 0 Å². The van der Waals surface area contributed by atoms with Crippen LogP contribution < -0.4 is 0 Å². The van der Waals surface area contributed by atoms with E-state index in [-0.39, 0.29) is 0 Å². The third kappa shape index (κ3) is 1.55. The summed E-state index contributed by atoms with van der Waals surface area (Å²) in [5.41, 5.74) is 1.07. The van der Waals surface area contributed by atoms with Gasteiger partial charge >= 0.3 is 0 Å². The summed E-state index contributed by atoms with van der Waals surface area (Å²) in [6, 6.07) is 1.91. The quantitative estimate of drug-likeness (QED) is 0.571. The minimum absolute atomic E-state index is 1.07. The van der Waals surface area contributed by atoms with E-state index >= 15 is 0 Å². The number of aromatic nitrogens is 3. The molecule has 0 aliphatic heterocycles. The molecule has 3 nitrogen and oxygen atoms in total. The minimum atomic E-state index is 1.07. The lowest BCUT2D eigenvalue weighted by molar-refractivity contribution is 1.07. The van der Waals surface area contributed by atoms with Gasteiger partial charge in [-0.05, 0) is 6.07 Å². The molecule has 0 bridgehead atoms. The minimum Gasteiger partial charge on any atom is -0.290 e. The van der Waals surface area contributed by atoms with Gasteiger partial charge in [-0.1, -0.05) is 13.8 Å². The van der Waals surface area contributed by atoms with Crippen molar-refractivity contribution in [3.8, 4) is 0 Å². The maximum absolute atomic E-state index is 3.92. The predicted octanol–water partition coefficient (Wildman–Crippen LogP) is 1.76. The van der Waals surface area contributed by atoms with Crippen molar-refractivity contribution in [3.63, 3.8) is 0 Å². The van der Waals surface area contributed by atoms with Crippen LogP contribution in [0.4, 0.5) is 0 Å². The zero-order valence-corrected chi connectivity index (χ0v) is 6.73. The summed E-state index contributed by atoms with van der Waals surface area (Å²) in [4.78, 5) is 7.83. The molecule has 2 aromatic rings. The fraction of sp³-hybridized carbons (Fsp3) is 0.250. The van der Waals surface area contributed by atoms with E-state index in [2.05, 4.69) is 9.97 Å². The van der Waals surface area contributed by atoms with Crippen LogP contribution in [-0.2, 0) is 0 Å². The van der Waals surface area contributed by atoms with E-state index in [4.69, 9.17) is 0 Å². The van der Waals surface area contributed by atoms with E-state index < -0.39 is 0 Å². The van der Waals surface area contributed by atoms with Gasteiger partial charge in [0.1, 0.15) is 12.7 Å². The Morgan fingerprint density at radius 2 is 1.91 bits per heavy atom. The fourth-order valence-electron chi connectivity index (χ4n) is 0.770. The van der Waals surface area contributed by atoms with E-state index in [0.717, 1.165) is 5.52 Å².